The van der Waals surface area contributed by atoms with Crippen molar-refractivity contribution in [3.8, 4) is 5.75 Å². The minimum absolute atomic E-state index is 0.0187. The number of halogens is 3. The molecule has 2 aliphatic rings. The lowest BCUT2D eigenvalue weighted by Crippen LogP contribution is -2.38. The quantitative estimate of drug-likeness (QED) is 0.892. The Kier molecular flexibility index (Phi) is 4.38. The molecule has 0 spiro atoms. The second-order valence-electron chi connectivity index (χ2n) is 6.04. The maximum atomic E-state index is 12.4. The van der Waals surface area contributed by atoms with Gasteiger partial charge in [0.2, 0.25) is 0 Å². The van der Waals surface area contributed by atoms with Crippen LogP contribution in [0.15, 0.2) is 24.3 Å². The fraction of sp³-hybridized carbons (Fsp3) is 0.500. The average molecular weight is 342 g/mol. The summed E-state index contributed by atoms with van der Waals surface area (Å²) in [6.45, 7) is -1.24. The minimum Gasteiger partial charge on any atom is -0.481 e. The van der Waals surface area contributed by atoms with Gasteiger partial charge in [-0.1, -0.05) is 0 Å². The third-order valence-corrected chi connectivity index (χ3v) is 3.93. The lowest BCUT2D eigenvalue weighted by molar-refractivity contribution is -0.159. The molecule has 1 saturated carbocycles. The van der Waals surface area contributed by atoms with Crippen LogP contribution in [-0.4, -0.2) is 48.1 Å². The van der Waals surface area contributed by atoms with Crippen molar-refractivity contribution >= 4 is 11.8 Å². The van der Waals surface area contributed by atoms with E-state index in [4.69, 9.17) is 4.74 Å². The summed E-state index contributed by atoms with van der Waals surface area (Å²) in [5.74, 6) is -0.481. The molecule has 1 aliphatic carbocycles. The summed E-state index contributed by atoms with van der Waals surface area (Å²) >= 11 is 0. The second kappa shape index (κ2) is 6.33. The van der Waals surface area contributed by atoms with Crippen LogP contribution in [0.3, 0.4) is 0 Å². The van der Waals surface area contributed by atoms with E-state index in [1.807, 2.05) is 0 Å². The Balaban J connectivity index is 1.56. The van der Waals surface area contributed by atoms with Crippen LogP contribution in [0.5, 0.6) is 5.75 Å². The molecule has 1 N–H and O–H groups in total. The molecule has 1 aromatic carbocycles. The molecule has 130 valence electrons. The summed E-state index contributed by atoms with van der Waals surface area (Å²) < 4.78 is 42.6. The molecule has 1 atom stereocenters. The van der Waals surface area contributed by atoms with Gasteiger partial charge in [0, 0.05) is 24.6 Å². The van der Waals surface area contributed by atoms with E-state index < -0.39 is 24.7 Å². The number of benzene rings is 1. The van der Waals surface area contributed by atoms with E-state index in [-0.39, 0.29) is 24.9 Å². The molecule has 0 aromatic heterocycles. The van der Waals surface area contributed by atoms with Crippen LogP contribution in [0.4, 0.5) is 13.2 Å². The molecule has 0 bridgehead atoms. The molecule has 1 aliphatic heterocycles. The third-order valence-electron chi connectivity index (χ3n) is 3.93. The van der Waals surface area contributed by atoms with Crippen molar-refractivity contribution in [2.24, 2.45) is 0 Å². The number of carbonyl (C=O) groups is 2. The van der Waals surface area contributed by atoms with Gasteiger partial charge in [-0.3, -0.25) is 9.59 Å². The van der Waals surface area contributed by atoms with Crippen LogP contribution in [-0.2, 0) is 4.79 Å². The van der Waals surface area contributed by atoms with Gasteiger partial charge in [-0.15, -0.1) is 0 Å². The van der Waals surface area contributed by atoms with Crippen LogP contribution in [0.25, 0.3) is 0 Å². The Morgan fingerprint density at radius 3 is 2.46 bits per heavy atom. The first kappa shape index (κ1) is 16.6. The number of nitrogens with one attached hydrogen (secondary N) is 1. The summed E-state index contributed by atoms with van der Waals surface area (Å²) in [5.41, 5.74) is 0.477. The number of rotatable bonds is 5. The van der Waals surface area contributed by atoms with Gasteiger partial charge in [0.1, 0.15) is 12.3 Å². The summed E-state index contributed by atoms with van der Waals surface area (Å²) in [5, 5.41) is 2.85. The van der Waals surface area contributed by atoms with Gasteiger partial charge in [0.05, 0.1) is 0 Å². The van der Waals surface area contributed by atoms with Crippen molar-refractivity contribution in [3.63, 3.8) is 0 Å². The van der Waals surface area contributed by atoms with Crippen LogP contribution in [0.1, 0.15) is 29.6 Å². The van der Waals surface area contributed by atoms with Crippen LogP contribution in [0.2, 0.25) is 0 Å². The standard InChI is InChI=1S/C16H17F3N2O3/c17-16(18,19)9-21-8-7-13(15(21)23)24-12-5-1-10(2-6-12)14(22)20-11-3-4-11/h1-2,5-6,11,13H,3-4,7-9H2,(H,20,22)/t13-/m1/s1. The smallest absolute Gasteiger partial charge is 0.406 e. The second-order valence-corrected chi connectivity index (χ2v) is 6.04. The van der Waals surface area contributed by atoms with Crippen molar-refractivity contribution < 1.29 is 27.5 Å². The number of hydrogen-bond donors (Lipinski definition) is 1. The number of carbonyl (C=O) groups excluding carboxylic acids is 2. The number of nitrogens with zero attached hydrogens (tertiary/aromatic N) is 1. The molecule has 5 nitrogen and oxygen atoms in total. The number of amides is 2. The molecular weight excluding hydrogens is 325 g/mol. The van der Waals surface area contributed by atoms with Crippen LogP contribution in [0, 0.1) is 0 Å². The molecule has 3 rings (SSSR count). The SMILES string of the molecule is O=C(NC1CC1)c1ccc(O[C@@H]2CCN(CC(F)(F)F)C2=O)cc1. The number of ether oxygens (including phenoxy) is 1. The molecule has 1 saturated heterocycles. The Morgan fingerprint density at radius 2 is 1.88 bits per heavy atom. The molecule has 0 unspecified atom stereocenters. The Hall–Kier alpha value is -2.25. The Morgan fingerprint density at radius 1 is 1.21 bits per heavy atom. The lowest BCUT2D eigenvalue weighted by Gasteiger charge is -2.18. The summed E-state index contributed by atoms with van der Waals surface area (Å²) in [7, 11) is 0. The molecule has 2 fully saturated rings. The highest BCUT2D eigenvalue weighted by atomic mass is 19.4. The topological polar surface area (TPSA) is 58.6 Å². The molecule has 1 aromatic rings. The molecule has 0 radical (unpaired) electrons. The van der Waals surface area contributed by atoms with Gasteiger partial charge in [0.25, 0.3) is 11.8 Å². The fourth-order valence-electron chi connectivity index (χ4n) is 2.54. The summed E-state index contributed by atoms with van der Waals surface area (Å²) in [6.07, 6.45) is -3.14. The summed E-state index contributed by atoms with van der Waals surface area (Å²) in [4.78, 5) is 24.5. The average Bonchev–Trinajstić information content (AvgIpc) is 3.27. The Bertz CT molecular complexity index is 626. The zero-order chi connectivity index (χ0) is 17.3. The predicted octanol–water partition coefficient (Wildman–Crippen LogP) is 2.12. The monoisotopic (exact) mass is 342 g/mol. The van der Waals surface area contributed by atoms with Gasteiger partial charge in [-0.25, -0.2) is 0 Å². The first-order valence-electron chi connectivity index (χ1n) is 7.75. The third kappa shape index (κ3) is 4.18. The van der Waals surface area contributed by atoms with Crippen molar-refractivity contribution in [1.29, 1.82) is 0 Å². The first-order valence-corrected chi connectivity index (χ1v) is 7.75. The molecule has 8 heteroatoms. The van der Waals surface area contributed by atoms with Gasteiger partial charge in [-0.2, -0.15) is 13.2 Å². The normalized spacial score (nSPS) is 21.0. The van der Waals surface area contributed by atoms with E-state index in [9.17, 15) is 22.8 Å². The number of hydrogen-bond acceptors (Lipinski definition) is 3. The van der Waals surface area contributed by atoms with Crippen molar-refractivity contribution in [2.75, 3.05) is 13.1 Å². The van der Waals surface area contributed by atoms with Crippen LogP contribution < -0.4 is 10.1 Å². The predicted molar refractivity (Wildman–Crippen MR) is 78.6 cm³/mol. The van der Waals surface area contributed by atoms with Crippen molar-refractivity contribution in [1.82, 2.24) is 10.2 Å². The highest BCUT2D eigenvalue weighted by Gasteiger charge is 2.40. The first-order chi connectivity index (χ1) is 11.3. The van der Waals surface area contributed by atoms with E-state index in [0.717, 1.165) is 17.7 Å². The van der Waals surface area contributed by atoms with Gasteiger partial charge in [0.15, 0.2) is 6.10 Å². The van der Waals surface area contributed by atoms with Crippen LogP contribution >= 0.6 is 0 Å². The largest absolute Gasteiger partial charge is 0.481 e. The summed E-state index contributed by atoms with van der Waals surface area (Å²) in [6, 6.07) is 6.48. The zero-order valence-corrected chi connectivity index (χ0v) is 12.8. The fourth-order valence-corrected chi connectivity index (χ4v) is 2.54. The minimum atomic E-state index is -4.42. The maximum absolute atomic E-state index is 12.4. The molecule has 24 heavy (non-hydrogen) atoms. The van der Waals surface area contributed by atoms with Crippen molar-refractivity contribution in [3.05, 3.63) is 29.8 Å². The van der Waals surface area contributed by atoms with E-state index in [0.29, 0.717) is 11.3 Å². The van der Waals surface area contributed by atoms with E-state index >= 15 is 0 Å². The highest BCUT2D eigenvalue weighted by molar-refractivity contribution is 5.94. The lowest BCUT2D eigenvalue weighted by atomic mass is 10.2. The van der Waals surface area contributed by atoms with Gasteiger partial charge in [-0.05, 0) is 37.1 Å². The van der Waals surface area contributed by atoms with Gasteiger partial charge >= 0.3 is 6.18 Å². The zero-order valence-electron chi connectivity index (χ0n) is 12.8. The molecule has 2 amide bonds. The highest BCUT2D eigenvalue weighted by Crippen LogP contribution is 2.24. The molecular formula is C16H17F3N2O3. The number of alkyl halides is 3. The Labute approximate surface area is 136 Å². The van der Waals surface area contributed by atoms with E-state index in [1.54, 1.807) is 24.3 Å². The van der Waals surface area contributed by atoms with Gasteiger partial charge < -0.3 is 15.0 Å². The van der Waals surface area contributed by atoms with E-state index in [1.165, 1.54) is 0 Å². The maximum Gasteiger partial charge on any atom is 0.406 e. The molecule has 1 heterocycles. The van der Waals surface area contributed by atoms with Crippen molar-refractivity contribution in [2.45, 2.75) is 37.6 Å². The van der Waals surface area contributed by atoms with E-state index in [2.05, 4.69) is 5.32 Å². The number of likely N-dealkylation sites (tertiary alicyclic amines) is 1.